The molecule has 0 unspecified atom stereocenters. The smallest absolute Gasteiger partial charge is 0.131 e. The van der Waals surface area contributed by atoms with Crippen molar-refractivity contribution in [3.8, 4) is 0 Å². The van der Waals surface area contributed by atoms with Gasteiger partial charge in [-0.3, -0.25) is 4.90 Å². The zero-order valence-corrected chi connectivity index (χ0v) is 15.7. The predicted molar refractivity (Wildman–Crippen MR) is 101 cm³/mol. The van der Waals surface area contributed by atoms with Gasteiger partial charge >= 0.3 is 0 Å². The molecule has 122 valence electrons. The van der Waals surface area contributed by atoms with Crippen LogP contribution in [0.5, 0.6) is 0 Å². The van der Waals surface area contributed by atoms with Gasteiger partial charge in [-0.25, -0.2) is 9.97 Å². The van der Waals surface area contributed by atoms with Crippen molar-refractivity contribution in [1.29, 1.82) is 0 Å². The highest BCUT2D eigenvalue weighted by molar-refractivity contribution is 9.10. The Balaban J connectivity index is 1.40. The SMILES string of the molecule is Brc1c(CN2CCc3cnc(C4CC4)nc3C2)sc2ccccc12. The average Bonchev–Trinajstić information content (AvgIpc) is 3.41. The van der Waals surface area contributed by atoms with Crippen LogP contribution in [0.3, 0.4) is 0 Å². The maximum absolute atomic E-state index is 4.87. The molecule has 2 aliphatic rings. The second kappa shape index (κ2) is 5.90. The third-order valence-corrected chi connectivity index (χ3v) is 7.28. The van der Waals surface area contributed by atoms with Gasteiger partial charge in [-0.1, -0.05) is 18.2 Å². The Morgan fingerprint density at radius 2 is 2.12 bits per heavy atom. The monoisotopic (exact) mass is 399 g/mol. The maximum atomic E-state index is 4.87. The minimum Gasteiger partial charge on any atom is -0.292 e. The van der Waals surface area contributed by atoms with E-state index in [-0.39, 0.29) is 0 Å². The molecule has 0 bridgehead atoms. The lowest BCUT2D eigenvalue weighted by Crippen LogP contribution is -2.31. The Morgan fingerprint density at radius 1 is 1.25 bits per heavy atom. The van der Waals surface area contributed by atoms with E-state index in [2.05, 4.69) is 56.3 Å². The zero-order chi connectivity index (χ0) is 16.1. The highest BCUT2D eigenvalue weighted by Gasteiger charge is 2.28. The van der Waals surface area contributed by atoms with Crippen molar-refractivity contribution in [2.75, 3.05) is 6.54 Å². The fraction of sp³-hybridized carbons (Fsp3) is 0.368. The molecule has 0 amide bonds. The van der Waals surface area contributed by atoms with E-state index < -0.39 is 0 Å². The first-order valence-electron chi connectivity index (χ1n) is 8.51. The molecule has 1 aromatic carbocycles. The predicted octanol–water partition coefficient (Wildman–Crippen LogP) is 4.89. The van der Waals surface area contributed by atoms with E-state index in [1.54, 1.807) is 0 Å². The van der Waals surface area contributed by atoms with E-state index in [1.165, 1.54) is 43.5 Å². The summed E-state index contributed by atoms with van der Waals surface area (Å²) in [7, 11) is 0. The summed E-state index contributed by atoms with van der Waals surface area (Å²) in [6.45, 7) is 3.01. The van der Waals surface area contributed by atoms with Crippen LogP contribution >= 0.6 is 27.3 Å². The first-order chi connectivity index (χ1) is 11.8. The number of benzene rings is 1. The molecule has 5 rings (SSSR count). The van der Waals surface area contributed by atoms with Crippen LogP contribution in [0.1, 0.15) is 40.7 Å². The molecule has 3 aromatic rings. The quantitative estimate of drug-likeness (QED) is 0.627. The minimum atomic E-state index is 0.627. The number of halogens is 1. The fourth-order valence-electron chi connectivity index (χ4n) is 3.42. The molecule has 0 radical (unpaired) electrons. The fourth-order valence-corrected chi connectivity index (χ4v) is 5.40. The summed E-state index contributed by atoms with van der Waals surface area (Å²) >= 11 is 5.70. The average molecular weight is 400 g/mol. The van der Waals surface area contributed by atoms with Gasteiger partial charge in [0.1, 0.15) is 5.82 Å². The van der Waals surface area contributed by atoms with Crippen LogP contribution in [-0.2, 0) is 19.5 Å². The Kier molecular flexibility index (Phi) is 3.69. The molecular weight excluding hydrogens is 382 g/mol. The summed E-state index contributed by atoms with van der Waals surface area (Å²) in [4.78, 5) is 13.4. The molecule has 24 heavy (non-hydrogen) atoms. The van der Waals surface area contributed by atoms with Crippen molar-refractivity contribution in [3.63, 3.8) is 0 Å². The summed E-state index contributed by atoms with van der Waals surface area (Å²) < 4.78 is 2.62. The van der Waals surface area contributed by atoms with Crippen molar-refractivity contribution in [2.45, 2.75) is 38.3 Å². The van der Waals surface area contributed by atoms with Crippen molar-refractivity contribution < 1.29 is 0 Å². The van der Waals surface area contributed by atoms with Crippen LogP contribution in [0.2, 0.25) is 0 Å². The van der Waals surface area contributed by atoms with Gasteiger partial charge in [-0.05, 0) is 46.8 Å². The highest BCUT2D eigenvalue weighted by atomic mass is 79.9. The molecule has 2 aromatic heterocycles. The largest absolute Gasteiger partial charge is 0.292 e. The number of hydrogen-bond donors (Lipinski definition) is 0. The van der Waals surface area contributed by atoms with Crippen LogP contribution in [0, 0.1) is 0 Å². The molecule has 5 heteroatoms. The standard InChI is InChI=1S/C19H18BrN3S/c20-18-14-3-1-2-4-16(14)24-17(18)11-23-8-7-13-9-21-19(12-5-6-12)22-15(13)10-23/h1-4,9,12H,5-8,10-11H2. The van der Waals surface area contributed by atoms with Crippen LogP contribution < -0.4 is 0 Å². The van der Waals surface area contributed by atoms with E-state index >= 15 is 0 Å². The second-order valence-electron chi connectivity index (χ2n) is 6.77. The van der Waals surface area contributed by atoms with Crippen molar-refractivity contribution in [1.82, 2.24) is 14.9 Å². The molecule has 1 fully saturated rings. The topological polar surface area (TPSA) is 29.0 Å². The summed E-state index contributed by atoms with van der Waals surface area (Å²) in [5.41, 5.74) is 2.58. The van der Waals surface area contributed by atoms with Crippen LogP contribution in [0.25, 0.3) is 10.1 Å². The van der Waals surface area contributed by atoms with Gasteiger partial charge in [-0.2, -0.15) is 0 Å². The highest BCUT2D eigenvalue weighted by Crippen LogP contribution is 2.39. The Bertz CT molecular complexity index is 916. The molecule has 0 spiro atoms. The number of thiophene rings is 1. The molecule has 3 nitrogen and oxygen atoms in total. The maximum Gasteiger partial charge on any atom is 0.131 e. The van der Waals surface area contributed by atoms with Crippen LogP contribution in [-0.4, -0.2) is 21.4 Å². The third-order valence-electron chi connectivity index (χ3n) is 4.95. The minimum absolute atomic E-state index is 0.627. The molecule has 1 aliphatic carbocycles. The number of nitrogens with zero attached hydrogens (tertiary/aromatic N) is 3. The van der Waals surface area contributed by atoms with Gasteiger partial charge in [-0.15, -0.1) is 11.3 Å². The molecule has 1 saturated carbocycles. The van der Waals surface area contributed by atoms with E-state index in [1.807, 2.05) is 11.3 Å². The first-order valence-corrected chi connectivity index (χ1v) is 10.1. The van der Waals surface area contributed by atoms with Crippen LogP contribution in [0.15, 0.2) is 34.9 Å². The second-order valence-corrected chi connectivity index (χ2v) is 8.70. The summed E-state index contributed by atoms with van der Waals surface area (Å²) in [6, 6.07) is 8.62. The number of aromatic nitrogens is 2. The van der Waals surface area contributed by atoms with Gasteiger partial charge in [0.05, 0.1) is 5.69 Å². The molecule has 0 atom stereocenters. The normalized spacial score (nSPS) is 18.0. The van der Waals surface area contributed by atoms with E-state index in [0.717, 1.165) is 31.9 Å². The molecule has 3 heterocycles. The Labute approximate surface area is 153 Å². The zero-order valence-electron chi connectivity index (χ0n) is 13.3. The van der Waals surface area contributed by atoms with Gasteiger partial charge in [0.15, 0.2) is 0 Å². The lowest BCUT2D eigenvalue weighted by atomic mass is 10.1. The van der Waals surface area contributed by atoms with Crippen LogP contribution in [0.4, 0.5) is 0 Å². The van der Waals surface area contributed by atoms with Gasteiger partial charge < -0.3 is 0 Å². The van der Waals surface area contributed by atoms with E-state index in [9.17, 15) is 0 Å². The van der Waals surface area contributed by atoms with E-state index in [0.29, 0.717) is 5.92 Å². The molecular formula is C19H18BrN3S. The Morgan fingerprint density at radius 3 is 2.96 bits per heavy atom. The number of fused-ring (bicyclic) bond motifs is 2. The first kappa shape index (κ1) is 15.0. The summed E-state index contributed by atoms with van der Waals surface area (Å²) in [5.74, 6) is 1.70. The van der Waals surface area contributed by atoms with Crippen molar-refractivity contribution in [3.05, 3.63) is 56.9 Å². The van der Waals surface area contributed by atoms with Crippen molar-refractivity contribution in [2.24, 2.45) is 0 Å². The lowest BCUT2D eigenvalue weighted by Gasteiger charge is -2.27. The molecule has 0 N–H and O–H groups in total. The number of hydrogen-bond acceptors (Lipinski definition) is 4. The third kappa shape index (κ3) is 2.68. The lowest BCUT2D eigenvalue weighted by molar-refractivity contribution is 0.242. The van der Waals surface area contributed by atoms with Gasteiger partial charge in [0, 0.05) is 51.2 Å². The van der Waals surface area contributed by atoms with Crippen molar-refractivity contribution >= 4 is 37.4 Å². The molecule has 1 aliphatic heterocycles. The Hall–Kier alpha value is -1.30. The summed E-state index contributed by atoms with van der Waals surface area (Å²) in [5, 5.41) is 1.33. The summed E-state index contributed by atoms with van der Waals surface area (Å²) in [6.07, 6.45) is 5.65. The van der Waals surface area contributed by atoms with Gasteiger partial charge in [0.25, 0.3) is 0 Å². The molecule has 0 saturated heterocycles. The van der Waals surface area contributed by atoms with E-state index in [4.69, 9.17) is 4.98 Å². The number of rotatable bonds is 3. The van der Waals surface area contributed by atoms with Gasteiger partial charge in [0.2, 0.25) is 0 Å².